The normalized spacial score (nSPS) is 17.4. The van der Waals surface area contributed by atoms with E-state index in [4.69, 9.17) is 10.5 Å². The molecule has 0 aliphatic heterocycles. The third-order valence-electron chi connectivity index (χ3n) is 7.21. The summed E-state index contributed by atoms with van der Waals surface area (Å²) in [6.45, 7) is -0.129. The summed E-state index contributed by atoms with van der Waals surface area (Å²) >= 11 is 0. The standard InChI is InChI=1S/C28H30N4O4.ClH/c1-31-24-18-12-6-9-15-21(18)32(16-22(33)17-10-4-3-5-11-17)28(35)23(24)26(36-2)25(31)27(34)30-20-14-8-7-13-19(20)29;/h3-6,9-12,15,19-20H,7-8,13-14,16,29H2,1-2H3,(H,30,34);1H/t19-,20-;/m0./s1. The lowest BCUT2D eigenvalue weighted by molar-refractivity contribution is 0.0909. The number of pyridine rings is 1. The van der Waals surface area contributed by atoms with Crippen LogP contribution in [0.3, 0.4) is 0 Å². The number of fused-ring (bicyclic) bond motifs is 3. The van der Waals surface area contributed by atoms with Crippen LogP contribution in [0.2, 0.25) is 0 Å². The molecule has 2 heterocycles. The van der Waals surface area contributed by atoms with Gasteiger partial charge in [-0.2, -0.15) is 0 Å². The lowest BCUT2D eigenvalue weighted by atomic mass is 9.91. The van der Waals surface area contributed by atoms with Crippen molar-refractivity contribution in [3.05, 3.63) is 76.2 Å². The number of hydrogen-bond donors (Lipinski definition) is 2. The summed E-state index contributed by atoms with van der Waals surface area (Å²) < 4.78 is 8.86. The van der Waals surface area contributed by atoms with Crippen molar-refractivity contribution in [2.45, 2.75) is 44.3 Å². The maximum absolute atomic E-state index is 13.9. The van der Waals surface area contributed by atoms with E-state index in [1.54, 1.807) is 35.9 Å². The minimum absolute atomic E-state index is 0. The summed E-state index contributed by atoms with van der Waals surface area (Å²) in [5, 5.41) is 4.10. The number of nitrogens with one attached hydrogen (secondary N) is 1. The van der Waals surface area contributed by atoms with Gasteiger partial charge in [0.2, 0.25) is 0 Å². The Balaban J connectivity index is 0.00000320. The van der Waals surface area contributed by atoms with E-state index in [0.29, 0.717) is 16.6 Å². The Morgan fingerprint density at radius 3 is 2.43 bits per heavy atom. The number of aromatic nitrogens is 2. The highest BCUT2D eigenvalue weighted by molar-refractivity contribution is 6.12. The zero-order valence-electron chi connectivity index (χ0n) is 20.9. The first-order valence-corrected chi connectivity index (χ1v) is 12.2. The third-order valence-corrected chi connectivity index (χ3v) is 7.21. The van der Waals surface area contributed by atoms with Gasteiger partial charge in [0.25, 0.3) is 11.5 Å². The molecule has 194 valence electrons. The number of carbonyl (C=O) groups excluding carboxylic acids is 2. The molecule has 5 rings (SSSR count). The van der Waals surface area contributed by atoms with Crippen LogP contribution in [-0.4, -0.2) is 40.0 Å². The van der Waals surface area contributed by atoms with Crippen molar-refractivity contribution in [3.63, 3.8) is 0 Å². The van der Waals surface area contributed by atoms with Crippen molar-refractivity contribution in [1.82, 2.24) is 14.5 Å². The first-order chi connectivity index (χ1) is 17.4. The Hall–Kier alpha value is -3.62. The predicted molar refractivity (Wildman–Crippen MR) is 147 cm³/mol. The third kappa shape index (κ3) is 4.63. The number of halogens is 1. The maximum Gasteiger partial charge on any atom is 0.272 e. The summed E-state index contributed by atoms with van der Waals surface area (Å²) in [5.41, 5.74) is 7.88. The van der Waals surface area contributed by atoms with Gasteiger partial charge in [0.1, 0.15) is 5.39 Å². The second kappa shape index (κ2) is 10.8. The van der Waals surface area contributed by atoms with Crippen LogP contribution in [0.1, 0.15) is 46.5 Å². The van der Waals surface area contributed by atoms with Gasteiger partial charge in [-0.05, 0) is 18.9 Å². The molecule has 0 spiro atoms. The molecule has 1 aliphatic rings. The highest BCUT2D eigenvalue weighted by Crippen LogP contribution is 2.35. The maximum atomic E-state index is 13.9. The fourth-order valence-corrected chi connectivity index (χ4v) is 5.37. The number of nitrogens with zero attached hydrogens (tertiary/aromatic N) is 2. The van der Waals surface area contributed by atoms with Crippen molar-refractivity contribution in [2.75, 3.05) is 7.11 Å². The number of hydrogen-bond acceptors (Lipinski definition) is 5. The number of methoxy groups -OCH3 is 1. The predicted octanol–water partition coefficient (Wildman–Crippen LogP) is 3.81. The average Bonchev–Trinajstić information content (AvgIpc) is 3.20. The summed E-state index contributed by atoms with van der Waals surface area (Å²) in [5.74, 6) is -0.310. The minimum atomic E-state index is -0.381. The summed E-state index contributed by atoms with van der Waals surface area (Å²) in [7, 11) is 3.21. The van der Waals surface area contributed by atoms with Gasteiger partial charge in [-0.25, -0.2) is 0 Å². The molecule has 4 aromatic rings. The van der Waals surface area contributed by atoms with Gasteiger partial charge in [-0.3, -0.25) is 19.0 Å². The second-order valence-corrected chi connectivity index (χ2v) is 9.39. The molecule has 0 unspecified atom stereocenters. The van der Waals surface area contributed by atoms with Gasteiger partial charge in [-0.15, -0.1) is 12.4 Å². The zero-order chi connectivity index (χ0) is 25.4. The number of amides is 1. The molecule has 1 saturated carbocycles. The molecule has 3 N–H and O–H groups in total. The van der Waals surface area contributed by atoms with Gasteiger partial charge in [0, 0.05) is 30.1 Å². The highest BCUT2D eigenvalue weighted by atomic mass is 35.5. The number of rotatable bonds is 6. The topological polar surface area (TPSA) is 108 Å². The van der Waals surface area contributed by atoms with Crippen molar-refractivity contribution < 1.29 is 14.3 Å². The van der Waals surface area contributed by atoms with Crippen LogP contribution in [0.25, 0.3) is 21.8 Å². The Kier molecular flexibility index (Phi) is 7.71. The Morgan fingerprint density at radius 2 is 1.73 bits per heavy atom. The lowest BCUT2D eigenvalue weighted by Gasteiger charge is -2.29. The van der Waals surface area contributed by atoms with Gasteiger partial charge in [0.15, 0.2) is 17.2 Å². The molecule has 2 atom stereocenters. The molecule has 1 fully saturated rings. The van der Waals surface area contributed by atoms with Crippen LogP contribution in [0.15, 0.2) is 59.4 Å². The highest BCUT2D eigenvalue weighted by Gasteiger charge is 2.30. The Morgan fingerprint density at radius 1 is 1.05 bits per heavy atom. The number of ether oxygens (including phenoxy) is 1. The molecule has 1 amide bonds. The van der Waals surface area contributed by atoms with Gasteiger partial charge >= 0.3 is 0 Å². The largest absolute Gasteiger partial charge is 0.493 e. The van der Waals surface area contributed by atoms with Crippen LogP contribution < -0.4 is 21.3 Å². The van der Waals surface area contributed by atoms with Crippen LogP contribution in [-0.2, 0) is 13.6 Å². The van der Waals surface area contributed by atoms with E-state index in [0.717, 1.165) is 31.1 Å². The molecule has 37 heavy (non-hydrogen) atoms. The number of carbonyl (C=O) groups is 2. The molecule has 1 aliphatic carbocycles. The summed E-state index contributed by atoms with van der Waals surface area (Å²) in [6, 6.07) is 16.0. The fourth-order valence-electron chi connectivity index (χ4n) is 5.37. The molecule has 0 saturated heterocycles. The van der Waals surface area contributed by atoms with E-state index in [1.807, 2.05) is 30.3 Å². The number of ketones is 1. The second-order valence-electron chi connectivity index (χ2n) is 9.39. The quantitative estimate of drug-likeness (QED) is 0.374. The van der Waals surface area contributed by atoms with E-state index in [1.165, 1.54) is 11.7 Å². The SMILES string of the molecule is COc1c(C(=O)N[C@H]2CCCC[C@@H]2N)n(C)c2c1c(=O)n(CC(=O)c1ccccc1)c1ccccc21.Cl. The average molecular weight is 523 g/mol. The van der Waals surface area contributed by atoms with Crippen LogP contribution in [0.5, 0.6) is 5.75 Å². The number of Topliss-reactive ketones (excluding diaryl/α,β-unsaturated/α-hetero) is 1. The molecule has 8 nitrogen and oxygen atoms in total. The first kappa shape index (κ1) is 26.4. The minimum Gasteiger partial charge on any atom is -0.493 e. The lowest BCUT2D eigenvalue weighted by Crippen LogP contribution is -2.49. The van der Waals surface area contributed by atoms with Gasteiger partial charge in [0.05, 0.1) is 24.7 Å². The van der Waals surface area contributed by atoms with E-state index in [9.17, 15) is 14.4 Å². The number of benzene rings is 2. The van der Waals surface area contributed by atoms with E-state index in [-0.39, 0.29) is 65.1 Å². The number of para-hydroxylation sites is 1. The van der Waals surface area contributed by atoms with Gasteiger partial charge < -0.3 is 20.4 Å². The Bertz CT molecular complexity index is 1530. The smallest absolute Gasteiger partial charge is 0.272 e. The molecule has 2 aromatic heterocycles. The van der Waals surface area contributed by atoms with Crippen molar-refractivity contribution in [3.8, 4) is 5.75 Å². The summed E-state index contributed by atoms with van der Waals surface area (Å²) in [4.78, 5) is 40.4. The fraction of sp³-hybridized carbons (Fsp3) is 0.321. The molecular weight excluding hydrogens is 492 g/mol. The van der Waals surface area contributed by atoms with Crippen LogP contribution in [0, 0.1) is 0 Å². The van der Waals surface area contributed by atoms with Crippen molar-refractivity contribution in [1.29, 1.82) is 0 Å². The molecule has 0 radical (unpaired) electrons. The Labute approximate surface area is 220 Å². The van der Waals surface area contributed by atoms with E-state index >= 15 is 0 Å². The van der Waals surface area contributed by atoms with Crippen LogP contribution >= 0.6 is 12.4 Å². The number of aryl methyl sites for hydroxylation is 1. The molecular formula is C28H31ClN4O4. The van der Waals surface area contributed by atoms with E-state index in [2.05, 4.69) is 5.32 Å². The first-order valence-electron chi connectivity index (χ1n) is 12.2. The summed E-state index contributed by atoms with van der Waals surface area (Å²) in [6.07, 6.45) is 3.74. The van der Waals surface area contributed by atoms with Crippen molar-refractivity contribution in [2.24, 2.45) is 12.8 Å². The molecule has 0 bridgehead atoms. The number of nitrogens with two attached hydrogens (primary N) is 1. The van der Waals surface area contributed by atoms with Crippen molar-refractivity contribution >= 4 is 45.9 Å². The van der Waals surface area contributed by atoms with Crippen LogP contribution in [0.4, 0.5) is 0 Å². The monoisotopic (exact) mass is 522 g/mol. The van der Waals surface area contributed by atoms with Gasteiger partial charge in [-0.1, -0.05) is 61.4 Å². The zero-order valence-corrected chi connectivity index (χ0v) is 21.7. The van der Waals surface area contributed by atoms with E-state index < -0.39 is 0 Å². The molecule has 2 aromatic carbocycles. The molecule has 9 heteroatoms.